The molecule has 2 N–H and O–H groups in total. The monoisotopic (exact) mass is 359 g/mol. The average molecular weight is 359 g/mol. The Morgan fingerprint density at radius 1 is 1.04 bits per heavy atom. The zero-order valence-corrected chi connectivity index (χ0v) is 14.7. The summed E-state index contributed by atoms with van der Waals surface area (Å²) in [5, 5.41) is 2.91. The minimum absolute atomic E-state index is 0.00499. The van der Waals surface area contributed by atoms with E-state index in [1.54, 1.807) is 12.1 Å². The van der Waals surface area contributed by atoms with Crippen molar-refractivity contribution in [3.8, 4) is 0 Å². The van der Waals surface area contributed by atoms with Crippen molar-refractivity contribution in [1.82, 2.24) is 15.3 Å². The molecule has 0 saturated carbocycles. The second kappa shape index (κ2) is 7.03. The van der Waals surface area contributed by atoms with Gasteiger partial charge in [-0.3, -0.25) is 4.79 Å². The molecule has 0 aliphatic rings. The summed E-state index contributed by atoms with van der Waals surface area (Å²) in [7, 11) is 0. The molecule has 4 nitrogen and oxygen atoms in total. The lowest BCUT2D eigenvalue weighted by molar-refractivity contribution is 0.0937. The van der Waals surface area contributed by atoms with Crippen molar-refractivity contribution in [1.29, 1.82) is 0 Å². The number of nitrogens with one attached hydrogen (secondary N) is 2. The SMILES string of the molecule is Cc1ccc2nc(C(NC(=O)c3ccccc3F)c3ccccc3)[nH]c2c1. The molecule has 0 radical (unpaired) electrons. The van der Waals surface area contributed by atoms with Gasteiger partial charge in [0.15, 0.2) is 0 Å². The van der Waals surface area contributed by atoms with Crippen molar-refractivity contribution < 1.29 is 9.18 Å². The zero-order chi connectivity index (χ0) is 18.8. The molecule has 1 heterocycles. The second-order valence-electron chi connectivity index (χ2n) is 6.44. The molecule has 4 rings (SSSR count). The topological polar surface area (TPSA) is 57.8 Å². The molecule has 0 bridgehead atoms. The van der Waals surface area contributed by atoms with Crippen LogP contribution in [0.25, 0.3) is 11.0 Å². The molecular formula is C22H18FN3O. The van der Waals surface area contributed by atoms with Crippen molar-refractivity contribution >= 4 is 16.9 Å². The molecule has 4 aromatic rings. The fraction of sp³-hybridized carbons (Fsp3) is 0.0909. The van der Waals surface area contributed by atoms with Crippen LogP contribution < -0.4 is 5.32 Å². The summed E-state index contributed by atoms with van der Waals surface area (Å²) in [5.74, 6) is -0.438. The molecule has 3 aromatic carbocycles. The molecule has 1 aromatic heterocycles. The van der Waals surface area contributed by atoms with Crippen molar-refractivity contribution in [3.05, 3.63) is 101 Å². The Balaban J connectivity index is 1.75. The van der Waals surface area contributed by atoms with Crippen LogP contribution in [0.4, 0.5) is 4.39 Å². The first-order valence-corrected chi connectivity index (χ1v) is 8.68. The van der Waals surface area contributed by atoms with E-state index < -0.39 is 17.8 Å². The van der Waals surface area contributed by atoms with Crippen molar-refractivity contribution in [3.63, 3.8) is 0 Å². The minimum Gasteiger partial charge on any atom is -0.340 e. The van der Waals surface area contributed by atoms with Crippen molar-refractivity contribution in [2.75, 3.05) is 0 Å². The van der Waals surface area contributed by atoms with Crippen LogP contribution in [0.2, 0.25) is 0 Å². The minimum atomic E-state index is -0.554. The van der Waals surface area contributed by atoms with Gasteiger partial charge in [0.05, 0.1) is 16.6 Å². The van der Waals surface area contributed by atoms with E-state index in [9.17, 15) is 9.18 Å². The lowest BCUT2D eigenvalue weighted by atomic mass is 10.1. The first-order valence-electron chi connectivity index (χ1n) is 8.68. The van der Waals surface area contributed by atoms with Crippen LogP contribution in [0.5, 0.6) is 0 Å². The van der Waals surface area contributed by atoms with Gasteiger partial charge in [0.1, 0.15) is 17.7 Å². The van der Waals surface area contributed by atoms with Crippen molar-refractivity contribution in [2.24, 2.45) is 0 Å². The third-order valence-corrected chi connectivity index (χ3v) is 4.46. The largest absolute Gasteiger partial charge is 0.340 e. The molecule has 5 heteroatoms. The summed E-state index contributed by atoms with van der Waals surface area (Å²) in [5.41, 5.74) is 3.69. The van der Waals surface area contributed by atoms with E-state index in [1.165, 1.54) is 12.1 Å². The first-order chi connectivity index (χ1) is 13.1. The van der Waals surface area contributed by atoms with Gasteiger partial charge in [-0.05, 0) is 42.3 Å². The number of carbonyl (C=O) groups excluding carboxylic acids is 1. The number of carbonyl (C=O) groups is 1. The smallest absolute Gasteiger partial charge is 0.255 e. The Hall–Kier alpha value is -3.47. The third kappa shape index (κ3) is 3.44. The molecular weight excluding hydrogens is 341 g/mol. The Labute approximate surface area is 156 Å². The van der Waals surface area contributed by atoms with E-state index in [4.69, 9.17) is 0 Å². The Bertz CT molecular complexity index is 1100. The number of amides is 1. The molecule has 0 spiro atoms. The van der Waals surface area contributed by atoms with Gasteiger partial charge in [0.25, 0.3) is 5.91 Å². The predicted molar refractivity (Wildman–Crippen MR) is 103 cm³/mol. The number of hydrogen-bond donors (Lipinski definition) is 2. The van der Waals surface area contributed by atoms with Gasteiger partial charge in [0.2, 0.25) is 0 Å². The highest BCUT2D eigenvalue weighted by Crippen LogP contribution is 2.24. The standard InChI is InChI=1S/C22H18FN3O/c1-14-11-12-18-19(13-14)25-21(24-18)20(15-7-3-2-4-8-15)26-22(27)16-9-5-6-10-17(16)23/h2-13,20H,1H3,(H,24,25)(H,26,27). The lowest BCUT2D eigenvalue weighted by Crippen LogP contribution is -2.30. The Morgan fingerprint density at radius 3 is 2.56 bits per heavy atom. The van der Waals surface area contributed by atoms with E-state index >= 15 is 0 Å². The van der Waals surface area contributed by atoms with Gasteiger partial charge in [-0.2, -0.15) is 0 Å². The molecule has 1 amide bonds. The molecule has 0 aliphatic heterocycles. The number of aromatic nitrogens is 2. The number of benzene rings is 3. The summed E-state index contributed by atoms with van der Waals surface area (Å²) in [6.45, 7) is 2.01. The molecule has 1 atom stereocenters. The van der Waals surface area contributed by atoms with Crippen LogP contribution in [0.3, 0.4) is 0 Å². The average Bonchev–Trinajstić information content (AvgIpc) is 3.09. The third-order valence-electron chi connectivity index (χ3n) is 4.46. The van der Waals surface area contributed by atoms with Crippen molar-refractivity contribution in [2.45, 2.75) is 13.0 Å². The van der Waals surface area contributed by atoms with E-state index in [0.717, 1.165) is 22.2 Å². The summed E-state index contributed by atoms with van der Waals surface area (Å²) in [4.78, 5) is 20.6. The van der Waals surface area contributed by atoms with Crippen LogP contribution in [0.15, 0.2) is 72.8 Å². The fourth-order valence-corrected chi connectivity index (χ4v) is 3.09. The molecule has 0 aliphatic carbocycles. The number of aromatic amines is 1. The van der Waals surface area contributed by atoms with Crippen LogP contribution in [-0.4, -0.2) is 15.9 Å². The number of imidazole rings is 1. The van der Waals surface area contributed by atoms with Crippen LogP contribution in [0.1, 0.15) is 33.4 Å². The van der Waals surface area contributed by atoms with Crippen LogP contribution in [-0.2, 0) is 0 Å². The van der Waals surface area contributed by atoms with Crippen LogP contribution in [0, 0.1) is 12.7 Å². The maximum Gasteiger partial charge on any atom is 0.255 e. The molecule has 0 saturated heterocycles. The highest BCUT2D eigenvalue weighted by molar-refractivity contribution is 5.95. The summed E-state index contributed by atoms with van der Waals surface area (Å²) >= 11 is 0. The quantitative estimate of drug-likeness (QED) is 0.562. The normalized spacial score (nSPS) is 12.1. The predicted octanol–water partition coefficient (Wildman–Crippen LogP) is 4.53. The van der Waals surface area contributed by atoms with Gasteiger partial charge in [-0.15, -0.1) is 0 Å². The van der Waals surface area contributed by atoms with Gasteiger partial charge in [-0.1, -0.05) is 48.5 Å². The first kappa shape index (κ1) is 17.0. The highest BCUT2D eigenvalue weighted by atomic mass is 19.1. The zero-order valence-electron chi connectivity index (χ0n) is 14.7. The van der Waals surface area contributed by atoms with Gasteiger partial charge < -0.3 is 10.3 Å². The molecule has 27 heavy (non-hydrogen) atoms. The Morgan fingerprint density at radius 2 is 1.78 bits per heavy atom. The number of rotatable bonds is 4. The van der Waals surface area contributed by atoms with E-state index in [-0.39, 0.29) is 5.56 Å². The van der Waals surface area contributed by atoms with Crippen LogP contribution >= 0.6 is 0 Å². The number of fused-ring (bicyclic) bond motifs is 1. The molecule has 0 fully saturated rings. The number of aryl methyl sites for hydroxylation is 1. The maximum atomic E-state index is 14.0. The number of hydrogen-bond acceptors (Lipinski definition) is 2. The summed E-state index contributed by atoms with van der Waals surface area (Å²) < 4.78 is 14.0. The lowest BCUT2D eigenvalue weighted by Gasteiger charge is -2.17. The summed E-state index contributed by atoms with van der Waals surface area (Å²) in [6, 6.07) is 20.9. The van der Waals surface area contributed by atoms with Gasteiger partial charge in [-0.25, -0.2) is 9.37 Å². The van der Waals surface area contributed by atoms with Gasteiger partial charge in [0, 0.05) is 0 Å². The van der Waals surface area contributed by atoms with Gasteiger partial charge >= 0.3 is 0 Å². The fourth-order valence-electron chi connectivity index (χ4n) is 3.09. The summed E-state index contributed by atoms with van der Waals surface area (Å²) in [6.07, 6.45) is 0. The number of H-pyrrole nitrogens is 1. The maximum absolute atomic E-state index is 14.0. The molecule has 1 unspecified atom stereocenters. The van der Waals surface area contributed by atoms with E-state index in [2.05, 4.69) is 15.3 Å². The Kier molecular flexibility index (Phi) is 4.42. The second-order valence-corrected chi connectivity index (χ2v) is 6.44. The highest BCUT2D eigenvalue weighted by Gasteiger charge is 2.22. The number of nitrogens with zero attached hydrogens (tertiary/aromatic N) is 1. The molecule has 134 valence electrons. The van der Waals surface area contributed by atoms with E-state index in [1.807, 2.05) is 55.5 Å². The number of halogens is 1. The van der Waals surface area contributed by atoms with E-state index in [0.29, 0.717) is 5.82 Å².